The first-order chi connectivity index (χ1) is 12.2. The number of esters is 1. The number of carbonyl (C=O) groups is 3. The average Bonchev–Trinajstić information content (AvgIpc) is 2.60. The quantitative estimate of drug-likeness (QED) is 0.548. The van der Waals surface area contributed by atoms with Crippen LogP contribution in [0.1, 0.15) is 56.0 Å². The molecule has 1 aliphatic heterocycles. The van der Waals surface area contributed by atoms with E-state index in [9.17, 15) is 23.2 Å². The molecule has 1 aliphatic rings. The van der Waals surface area contributed by atoms with E-state index in [1.165, 1.54) is 26.0 Å². The van der Waals surface area contributed by atoms with Crippen LogP contribution in [0.5, 0.6) is 0 Å². The lowest BCUT2D eigenvalue weighted by atomic mass is 9.71. The Hall–Kier alpha value is -2.31. The standard InChI is InChI=1S/C19H23F2NO4/c1-4-6-11-22-15(23)13-9-7-8-10-14(13)18(3,16(22)24)12-19(20,21)17(25)26-5-2/h7-10H,4-6,11-12H2,1-3H3. The van der Waals surface area contributed by atoms with Crippen molar-refractivity contribution in [2.24, 2.45) is 0 Å². The van der Waals surface area contributed by atoms with Crippen molar-refractivity contribution in [3.05, 3.63) is 35.4 Å². The van der Waals surface area contributed by atoms with E-state index >= 15 is 0 Å². The van der Waals surface area contributed by atoms with Crippen LogP contribution in [0.4, 0.5) is 8.78 Å². The number of nitrogens with zero attached hydrogens (tertiary/aromatic N) is 1. The van der Waals surface area contributed by atoms with Gasteiger partial charge in [-0.1, -0.05) is 31.5 Å². The first-order valence-corrected chi connectivity index (χ1v) is 8.70. The Balaban J connectivity index is 2.50. The number of fused-ring (bicyclic) bond motifs is 1. The van der Waals surface area contributed by atoms with Crippen molar-refractivity contribution in [2.75, 3.05) is 13.2 Å². The predicted molar refractivity (Wildman–Crippen MR) is 90.9 cm³/mol. The first-order valence-electron chi connectivity index (χ1n) is 8.70. The fraction of sp³-hybridized carbons (Fsp3) is 0.526. The highest BCUT2D eigenvalue weighted by molar-refractivity contribution is 6.13. The normalized spacial score (nSPS) is 20.1. The molecule has 0 aromatic heterocycles. The minimum atomic E-state index is -3.84. The molecule has 142 valence electrons. The number of hydrogen-bond acceptors (Lipinski definition) is 4. The number of rotatable bonds is 7. The van der Waals surface area contributed by atoms with Crippen molar-refractivity contribution in [1.29, 1.82) is 0 Å². The van der Waals surface area contributed by atoms with Crippen molar-refractivity contribution in [3.8, 4) is 0 Å². The highest BCUT2D eigenvalue weighted by Gasteiger charge is 2.55. The second-order valence-corrected chi connectivity index (χ2v) is 6.59. The van der Waals surface area contributed by atoms with Gasteiger partial charge in [-0.15, -0.1) is 0 Å². The number of imide groups is 1. The zero-order valence-corrected chi connectivity index (χ0v) is 15.2. The van der Waals surface area contributed by atoms with E-state index in [1.54, 1.807) is 12.1 Å². The molecule has 26 heavy (non-hydrogen) atoms. The molecule has 1 atom stereocenters. The molecule has 1 aromatic rings. The van der Waals surface area contributed by atoms with Gasteiger partial charge < -0.3 is 4.74 Å². The summed E-state index contributed by atoms with van der Waals surface area (Å²) in [6, 6.07) is 6.21. The summed E-state index contributed by atoms with van der Waals surface area (Å²) in [7, 11) is 0. The topological polar surface area (TPSA) is 63.7 Å². The summed E-state index contributed by atoms with van der Waals surface area (Å²) in [5, 5.41) is 0. The Labute approximate surface area is 151 Å². The third kappa shape index (κ3) is 3.48. The minimum Gasteiger partial charge on any atom is -0.462 e. The van der Waals surface area contributed by atoms with Gasteiger partial charge in [0.15, 0.2) is 0 Å². The van der Waals surface area contributed by atoms with Gasteiger partial charge in [-0.25, -0.2) is 4.79 Å². The smallest absolute Gasteiger partial charge is 0.377 e. The molecular formula is C19H23F2NO4. The molecule has 0 aliphatic carbocycles. The number of amides is 2. The molecule has 2 amide bonds. The number of benzene rings is 1. The van der Waals surface area contributed by atoms with Crippen molar-refractivity contribution in [2.45, 2.75) is 51.4 Å². The maximum Gasteiger partial charge on any atom is 0.377 e. The third-order valence-electron chi connectivity index (χ3n) is 4.60. The van der Waals surface area contributed by atoms with Crippen LogP contribution in [0.3, 0.4) is 0 Å². The number of carbonyl (C=O) groups excluding carboxylic acids is 3. The van der Waals surface area contributed by atoms with Gasteiger partial charge in [0, 0.05) is 18.5 Å². The number of halogens is 2. The molecule has 0 spiro atoms. The summed E-state index contributed by atoms with van der Waals surface area (Å²) in [4.78, 5) is 38.3. The molecule has 0 fully saturated rings. The lowest BCUT2D eigenvalue weighted by Crippen LogP contribution is -2.56. The molecule has 1 unspecified atom stereocenters. The van der Waals surface area contributed by atoms with Gasteiger partial charge in [0.2, 0.25) is 5.91 Å². The molecular weight excluding hydrogens is 344 g/mol. The maximum absolute atomic E-state index is 14.4. The molecule has 7 heteroatoms. The van der Waals surface area contributed by atoms with Crippen molar-refractivity contribution < 1.29 is 27.9 Å². The highest BCUT2D eigenvalue weighted by Crippen LogP contribution is 2.42. The molecule has 1 heterocycles. The van der Waals surface area contributed by atoms with Crippen LogP contribution in [0.15, 0.2) is 24.3 Å². The van der Waals surface area contributed by atoms with Crippen LogP contribution >= 0.6 is 0 Å². The third-order valence-corrected chi connectivity index (χ3v) is 4.60. The molecule has 0 bridgehead atoms. The maximum atomic E-state index is 14.4. The summed E-state index contributed by atoms with van der Waals surface area (Å²) >= 11 is 0. The first kappa shape index (κ1) is 20.0. The van der Waals surface area contributed by atoms with Gasteiger partial charge in [0.1, 0.15) is 0 Å². The Bertz CT molecular complexity index is 719. The van der Waals surface area contributed by atoms with Gasteiger partial charge in [-0.2, -0.15) is 8.78 Å². The van der Waals surface area contributed by atoms with E-state index in [1.807, 2.05) is 6.92 Å². The summed E-state index contributed by atoms with van der Waals surface area (Å²) in [5.41, 5.74) is -1.27. The molecule has 5 nitrogen and oxygen atoms in total. The van der Waals surface area contributed by atoms with Crippen LogP contribution in [0.2, 0.25) is 0 Å². The van der Waals surface area contributed by atoms with E-state index in [2.05, 4.69) is 4.74 Å². The van der Waals surface area contributed by atoms with Gasteiger partial charge >= 0.3 is 11.9 Å². The average molecular weight is 367 g/mol. The van der Waals surface area contributed by atoms with Crippen LogP contribution in [-0.4, -0.2) is 41.8 Å². The summed E-state index contributed by atoms with van der Waals surface area (Å²) in [6.07, 6.45) is 0.267. The summed E-state index contributed by atoms with van der Waals surface area (Å²) < 4.78 is 33.3. The van der Waals surface area contributed by atoms with Crippen LogP contribution in [0.25, 0.3) is 0 Å². The van der Waals surface area contributed by atoms with Crippen LogP contribution in [-0.2, 0) is 19.7 Å². The lowest BCUT2D eigenvalue weighted by Gasteiger charge is -2.40. The Morgan fingerprint density at radius 2 is 1.88 bits per heavy atom. The number of hydrogen-bond donors (Lipinski definition) is 0. The Morgan fingerprint density at radius 1 is 1.23 bits per heavy atom. The predicted octanol–water partition coefficient (Wildman–Crippen LogP) is 3.32. The fourth-order valence-corrected chi connectivity index (χ4v) is 3.24. The van der Waals surface area contributed by atoms with Crippen molar-refractivity contribution >= 4 is 17.8 Å². The second kappa shape index (κ2) is 7.51. The van der Waals surface area contributed by atoms with Gasteiger partial charge in [-0.05, 0) is 31.9 Å². The summed E-state index contributed by atoms with van der Waals surface area (Å²) in [6.45, 7) is 4.66. The molecule has 0 saturated heterocycles. The van der Waals surface area contributed by atoms with E-state index in [0.29, 0.717) is 6.42 Å². The SMILES string of the molecule is CCCCN1C(=O)c2ccccc2C(C)(CC(F)(F)C(=O)OCC)C1=O. The minimum absolute atomic E-state index is 0.156. The largest absolute Gasteiger partial charge is 0.462 e. The Kier molecular flexibility index (Phi) is 5.78. The molecule has 1 aromatic carbocycles. The van der Waals surface area contributed by atoms with E-state index in [0.717, 1.165) is 11.3 Å². The molecule has 0 radical (unpaired) electrons. The van der Waals surface area contributed by atoms with Crippen LogP contribution < -0.4 is 0 Å². The molecule has 0 N–H and O–H groups in total. The van der Waals surface area contributed by atoms with Gasteiger partial charge in [0.25, 0.3) is 5.91 Å². The van der Waals surface area contributed by atoms with Crippen molar-refractivity contribution in [3.63, 3.8) is 0 Å². The van der Waals surface area contributed by atoms with Gasteiger partial charge in [0.05, 0.1) is 12.0 Å². The zero-order valence-electron chi connectivity index (χ0n) is 15.2. The highest BCUT2D eigenvalue weighted by atomic mass is 19.3. The van der Waals surface area contributed by atoms with Crippen molar-refractivity contribution in [1.82, 2.24) is 4.90 Å². The van der Waals surface area contributed by atoms with E-state index in [4.69, 9.17) is 0 Å². The van der Waals surface area contributed by atoms with E-state index < -0.39 is 35.5 Å². The van der Waals surface area contributed by atoms with Crippen LogP contribution in [0, 0.1) is 0 Å². The fourth-order valence-electron chi connectivity index (χ4n) is 3.24. The Morgan fingerprint density at radius 3 is 2.50 bits per heavy atom. The number of alkyl halides is 2. The monoisotopic (exact) mass is 367 g/mol. The number of unbranched alkanes of at least 4 members (excludes halogenated alkanes) is 1. The molecule has 0 saturated carbocycles. The zero-order chi connectivity index (χ0) is 19.5. The lowest BCUT2D eigenvalue weighted by molar-refractivity contribution is -0.175. The number of ether oxygens (including phenoxy) is 1. The van der Waals surface area contributed by atoms with Gasteiger partial charge in [-0.3, -0.25) is 14.5 Å². The second-order valence-electron chi connectivity index (χ2n) is 6.59. The van der Waals surface area contributed by atoms with E-state index in [-0.39, 0.29) is 24.3 Å². The molecule has 2 rings (SSSR count). The summed E-state index contributed by atoms with van der Waals surface area (Å²) in [5.74, 6) is -6.71.